The van der Waals surface area contributed by atoms with Crippen molar-refractivity contribution in [3.05, 3.63) is 65.2 Å². The van der Waals surface area contributed by atoms with Crippen molar-refractivity contribution in [2.24, 2.45) is 0 Å². The molecule has 110 valence electrons. The molecular weight excluding hydrogens is 274 g/mol. The second-order valence-electron chi connectivity index (χ2n) is 4.72. The Morgan fingerprint density at radius 1 is 1.10 bits per heavy atom. The minimum absolute atomic E-state index is 0.191. The van der Waals surface area contributed by atoms with Gasteiger partial charge in [-0.15, -0.1) is 0 Å². The molecule has 2 aromatic rings. The molecule has 0 atom stereocenters. The third-order valence-electron chi connectivity index (χ3n) is 2.96. The summed E-state index contributed by atoms with van der Waals surface area (Å²) in [7, 11) is 0. The summed E-state index contributed by atoms with van der Waals surface area (Å²) in [5.74, 6) is -1.78. The van der Waals surface area contributed by atoms with Crippen LogP contribution in [0.15, 0.2) is 42.5 Å². The van der Waals surface area contributed by atoms with Crippen molar-refractivity contribution in [1.82, 2.24) is 5.32 Å². The number of amides is 1. The Hall–Kier alpha value is -2.43. The van der Waals surface area contributed by atoms with Gasteiger partial charge in [-0.1, -0.05) is 35.9 Å². The number of anilines is 1. The van der Waals surface area contributed by atoms with E-state index in [1.54, 1.807) is 0 Å². The molecule has 0 radical (unpaired) electrons. The Labute approximate surface area is 122 Å². The fraction of sp³-hybridized carbons (Fsp3) is 0.188. The molecule has 3 nitrogen and oxygen atoms in total. The van der Waals surface area contributed by atoms with Gasteiger partial charge >= 0.3 is 0 Å². The molecule has 2 rings (SSSR count). The summed E-state index contributed by atoms with van der Waals surface area (Å²) in [5.41, 5.74) is 1.79. The SMILES string of the molecule is Cc1cccc(CNC(=O)CNc2c(F)cccc2F)c1. The van der Waals surface area contributed by atoms with Gasteiger partial charge in [-0.3, -0.25) is 4.79 Å². The van der Waals surface area contributed by atoms with E-state index in [-0.39, 0.29) is 18.1 Å². The van der Waals surface area contributed by atoms with Gasteiger partial charge in [0.05, 0.1) is 6.54 Å². The highest BCUT2D eigenvalue weighted by atomic mass is 19.1. The van der Waals surface area contributed by atoms with Gasteiger partial charge in [0.15, 0.2) is 0 Å². The van der Waals surface area contributed by atoms with Gasteiger partial charge in [-0.2, -0.15) is 0 Å². The molecule has 0 aromatic heterocycles. The van der Waals surface area contributed by atoms with Crippen LogP contribution in [0.25, 0.3) is 0 Å². The van der Waals surface area contributed by atoms with Crippen molar-refractivity contribution in [3.8, 4) is 0 Å². The molecule has 0 heterocycles. The Balaban J connectivity index is 1.85. The third kappa shape index (κ3) is 4.27. The predicted molar refractivity (Wildman–Crippen MR) is 77.9 cm³/mol. The molecule has 0 bridgehead atoms. The molecule has 2 aromatic carbocycles. The Morgan fingerprint density at radius 3 is 2.43 bits per heavy atom. The van der Waals surface area contributed by atoms with E-state index in [1.807, 2.05) is 31.2 Å². The lowest BCUT2D eigenvalue weighted by atomic mass is 10.1. The van der Waals surface area contributed by atoms with Crippen molar-refractivity contribution < 1.29 is 13.6 Å². The first-order chi connectivity index (χ1) is 10.1. The van der Waals surface area contributed by atoms with Crippen LogP contribution in [0.1, 0.15) is 11.1 Å². The average Bonchev–Trinajstić information content (AvgIpc) is 2.45. The van der Waals surface area contributed by atoms with E-state index in [4.69, 9.17) is 0 Å². The van der Waals surface area contributed by atoms with E-state index in [0.29, 0.717) is 6.54 Å². The van der Waals surface area contributed by atoms with Crippen LogP contribution in [-0.4, -0.2) is 12.5 Å². The third-order valence-corrected chi connectivity index (χ3v) is 2.96. The monoisotopic (exact) mass is 290 g/mol. The number of carbonyl (C=O) groups excluding carboxylic acids is 1. The standard InChI is InChI=1S/C16H16F2N2O/c1-11-4-2-5-12(8-11)9-19-15(21)10-20-16-13(17)6-3-7-14(16)18/h2-8,20H,9-10H2,1H3,(H,19,21). The molecule has 0 saturated carbocycles. The summed E-state index contributed by atoms with van der Waals surface area (Å²) in [5, 5.41) is 5.16. The molecule has 0 spiro atoms. The zero-order chi connectivity index (χ0) is 15.2. The molecule has 21 heavy (non-hydrogen) atoms. The zero-order valence-electron chi connectivity index (χ0n) is 11.6. The minimum atomic E-state index is -0.721. The summed E-state index contributed by atoms with van der Waals surface area (Å²) >= 11 is 0. The smallest absolute Gasteiger partial charge is 0.239 e. The van der Waals surface area contributed by atoms with Crippen LogP contribution in [0, 0.1) is 18.6 Å². The number of rotatable bonds is 5. The predicted octanol–water partition coefficient (Wildman–Crippen LogP) is 3.00. The van der Waals surface area contributed by atoms with E-state index in [0.717, 1.165) is 23.3 Å². The van der Waals surface area contributed by atoms with Gasteiger partial charge in [0.1, 0.15) is 17.3 Å². The fourth-order valence-electron chi connectivity index (χ4n) is 1.92. The van der Waals surface area contributed by atoms with E-state index in [2.05, 4.69) is 10.6 Å². The summed E-state index contributed by atoms with van der Waals surface area (Å²) < 4.78 is 26.7. The van der Waals surface area contributed by atoms with Gasteiger partial charge in [0.25, 0.3) is 0 Å². The van der Waals surface area contributed by atoms with Crippen molar-refractivity contribution in [2.45, 2.75) is 13.5 Å². The van der Waals surface area contributed by atoms with Gasteiger partial charge in [0.2, 0.25) is 5.91 Å². The van der Waals surface area contributed by atoms with Gasteiger partial charge in [-0.05, 0) is 24.6 Å². The molecule has 0 aliphatic carbocycles. The number of carbonyl (C=O) groups is 1. The lowest BCUT2D eigenvalue weighted by Crippen LogP contribution is -2.29. The van der Waals surface area contributed by atoms with Gasteiger partial charge < -0.3 is 10.6 Å². The molecule has 0 fully saturated rings. The number of halogens is 2. The summed E-state index contributed by atoms with van der Waals surface area (Å²) in [6.45, 7) is 2.15. The highest BCUT2D eigenvalue weighted by molar-refractivity contribution is 5.80. The second kappa shape index (κ2) is 6.83. The molecule has 1 amide bonds. The number of benzene rings is 2. The first-order valence-electron chi connectivity index (χ1n) is 6.56. The van der Waals surface area contributed by atoms with E-state index < -0.39 is 11.6 Å². The lowest BCUT2D eigenvalue weighted by molar-refractivity contribution is -0.119. The van der Waals surface area contributed by atoms with Crippen LogP contribution in [-0.2, 0) is 11.3 Å². The Bertz CT molecular complexity index is 624. The number of para-hydroxylation sites is 1. The minimum Gasteiger partial charge on any atom is -0.371 e. The second-order valence-corrected chi connectivity index (χ2v) is 4.72. The summed E-state index contributed by atoms with van der Waals surface area (Å²) in [6.07, 6.45) is 0. The van der Waals surface area contributed by atoms with Crippen molar-refractivity contribution in [1.29, 1.82) is 0 Å². The number of hydrogen-bond donors (Lipinski definition) is 2. The molecular formula is C16H16F2N2O. The van der Waals surface area contributed by atoms with Crippen LogP contribution in [0.4, 0.5) is 14.5 Å². The molecule has 0 unspecified atom stereocenters. The topological polar surface area (TPSA) is 41.1 Å². The fourth-order valence-corrected chi connectivity index (χ4v) is 1.92. The number of hydrogen-bond acceptors (Lipinski definition) is 2. The summed E-state index contributed by atoms with van der Waals surface area (Å²) in [6, 6.07) is 11.3. The van der Waals surface area contributed by atoms with E-state index in [1.165, 1.54) is 6.07 Å². The molecule has 0 saturated heterocycles. The highest BCUT2D eigenvalue weighted by Gasteiger charge is 2.09. The van der Waals surface area contributed by atoms with Gasteiger partial charge in [-0.25, -0.2) is 8.78 Å². The average molecular weight is 290 g/mol. The first kappa shape index (κ1) is 15.0. The maximum Gasteiger partial charge on any atom is 0.239 e. The van der Waals surface area contributed by atoms with Crippen LogP contribution < -0.4 is 10.6 Å². The van der Waals surface area contributed by atoms with Crippen molar-refractivity contribution in [3.63, 3.8) is 0 Å². The van der Waals surface area contributed by atoms with E-state index in [9.17, 15) is 13.6 Å². The largest absolute Gasteiger partial charge is 0.371 e. The molecule has 2 N–H and O–H groups in total. The van der Waals surface area contributed by atoms with Crippen molar-refractivity contribution in [2.75, 3.05) is 11.9 Å². The maximum atomic E-state index is 13.4. The zero-order valence-corrected chi connectivity index (χ0v) is 11.6. The molecule has 0 aliphatic rings. The maximum absolute atomic E-state index is 13.4. The number of aryl methyl sites for hydroxylation is 1. The van der Waals surface area contributed by atoms with Crippen molar-refractivity contribution >= 4 is 11.6 Å². The van der Waals surface area contributed by atoms with Crippen LogP contribution >= 0.6 is 0 Å². The Morgan fingerprint density at radius 2 is 1.76 bits per heavy atom. The first-order valence-corrected chi connectivity index (χ1v) is 6.56. The lowest BCUT2D eigenvalue weighted by Gasteiger charge is -2.09. The normalized spacial score (nSPS) is 10.2. The highest BCUT2D eigenvalue weighted by Crippen LogP contribution is 2.17. The number of nitrogens with one attached hydrogen (secondary N) is 2. The van der Waals surface area contributed by atoms with Crippen LogP contribution in [0.5, 0.6) is 0 Å². The molecule has 5 heteroatoms. The van der Waals surface area contributed by atoms with E-state index >= 15 is 0 Å². The van der Waals surface area contributed by atoms with Crippen LogP contribution in [0.2, 0.25) is 0 Å². The Kier molecular flexibility index (Phi) is 4.87. The van der Waals surface area contributed by atoms with Crippen LogP contribution in [0.3, 0.4) is 0 Å². The molecule has 0 aliphatic heterocycles. The summed E-state index contributed by atoms with van der Waals surface area (Å²) in [4.78, 5) is 11.7. The quantitative estimate of drug-likeness (QED) is 0.889. The van der Waals surface area contributed by atoms with Gasteiger partial charge in [0, 0.05) is 6.54 Å².